The number of hydrogen-bond acceptors (Lipinski definition) is 9. The van der Waals surface area contributed by atoms with Crippen molar-refractivity contribution in [1.29, 1.82) is 0 Å². The number of ether oxygens (including phenoxy) is 4. The first-order valence-corrected chi connectivity index (χ1v) is 18.6. The highest BCUT2D eigenvalue weighted by atomic mass is 16.6. The van der Waals surface area contributed by atoms with Crippen LogP contribution in [0.1, 0.15) is 71.5 Å². The zero-order valence-electron chi connectivity index (χ0n) is 30.2. The Balaban J connectivity index is 1.37. The van der Waals surface area contributed by atoms with Gasteiger partial charge in [-0.05, 0) is 55.4 Å². The van der Waals surface area contributed by atoms with Gasteiger partial charge < -0.3 is 44.2 Å². The van der Waals surface area contributed by atoms with Crippen molar-refractivity contribution in [2.75, 3.05) is 13.2 Å². The van der Waals surface area contributed by atoms with Crippen LogP contribution in [0.15, 0.2) is 97.3 Å². The highest BCUT2D eigenvalue weighted by Crippen LogP contribution is 2.41. The molecule has 6 rings (SSSR count). The topological polar surface area (TPSA) is 159 Å². The van der Waals surface area contributed by atoms with Crippen LogP contribution >= 0.6 is 0 Å². The second-order valence-electron chi connectivity index (χ2n) is 13.9. The third-order valence-electron chi connectivity index (χ3n) is 10.0. The molecule has 2 aromatic heterocycles. The summed E-state index contributed by atoms with van der Waals surface area (Å²) in [5.74, 6) is -0.822. The summed E-state index contributed by atoms with van der Waals surface area (Å²) in [5, 5.41) is 35.5. The maximum Gasteiger partial charge on any atom is 0.374 e. The summed E-state index contributed by atoms with van der Waals surface area (Å²) < 4.78 is 26.0. The number of aromatic amines is 2. The summed E-state index contributed by atoms with van der Waals surface area (Å²) in [4.78, 5) is 24.2. The van der Waals surface area contributed by atoms with E-state index in [-0.39, 0.29) is 32.1 Å². The average molecular weight is 726 g/mol. The van der Waals surface area contributed by atoms with E-state index in [9.17, 15) is 20.1 Å². The second kappa shape index (κ2) is 18.6. The van der Waals surface area contributed by atoms with Gasteiger partial charge in [-0.1, -0.05) is 98.1 Å². The molecule has 1 aliphatic rings. The van der Waals surface area contributed by atoms with Gasteiger partial charge in [-0.3, -0.25) is 0 Å². The minimum atomic E-state index is -2.03. The SMILES string of the molecule is Cc1cnc(C(=O)OC2C(OCc3ccccc3)C(OCc3ccccc3)C(OCCCCCCCO)C(O)C2(O)CCc2c[nH]c3ccccc23)[nH]1. The van der Waals surface area contributed by atoms with Crippen LogP contribution in [0.5, 0.6) is 0 Å². The van der Waals surface area contributed by atoms with Crippen molar-refractivity contribution < 1.29 is 39.1 Å². The van der Waals surface area contributed by atoms with Crippen LogP contribution in [0.3, 0.4) is 0 Å². The van der Waals surface area contributed by atoms with E-state index in [1.807, 2.05) is 91.1 Å². The maximum atomic E-state index is 13.8. The first kappa shape index (κ1) is 38.4. The standard InChI is InChI=1S/C42H51N3O8/c1-29-25-44-40(45-29)41(48)53-39-37(52-28-31-17-9-6-10-18-31)35(51-27-30-15-7-5-8-16-30)36(50-24-14-4-2-3-13-23-46)38(47)42(39,49)22-21-32-26-43-34-20-12-11-19-33(32)34/h5-12,15-20,25-26,35-39,43,46-47,49H,2-4,13-14,21-24,27-28H2,1H3,(H,44,45). The van der Waals surface area contributed by atoms with Gasteiger partial charge in [0.1, 0.15) is 30.0 Å². The van der Waals surface area contributed by atoms with E-state index in [0.29, 0.717) is 25.1 Å². The molecular formula is C42H51N3O8. The van der Waals surface area contributed by atoms with Crippen molar-refractivity contribution in [2.45, 2.75) is 101 Å². The number of esters is 1. The van der Waals surface area contributed by atoms with Crippen LogP contribution in [-0.2, 0) is 38.6 Å². The molecule has 1 fully saturated rings. The molecule has 1 aliphatic carbocycles. The third kappa shape index (κ3) is 9.61. The summed E-state index contributed by atoms with van der Waals surface area (Å²) in [6, 6.07) is 27.1. The number of unbranched alkanes of at least 4 members (excludes halogenated alkanes) is 4. The summed E-state index contributed by atoms with van der Waals surface area (Å²) in [7, 11) is 0. The van der Waals surface area contributed by atoms with E-state index >= 15 is 0 Å². The van der Waals surface area contributed by atoms with E-state index in [2.05, 4.69) is 15.0 Å². The lowest BCUT2D eigenvalue weighted by atomic mass is 9.71. The molecule has 2 heterocycles. The lowest BCUT2D eigenvalue weighted by Gasteiger charge is -2.52. The van der Waals surface area contributed by atoms with Crippen molar-refractivity contribution in [3.05, 3.63) is 126 Å². The lowest BCUT2D eigenvalue weighted by Crippen LogP contribution is -2.73. The smallest absolute Gasteiger partial charge is 0.374 e. The Morgan fingerprint density at radius 3 is 2.13 bits per heavy atom. The Labute approximate surface area is 310 Å². The highest BCUT2D eigenvalue weighted by molar-refractivity contribution is 5.85. The fourth-order valence-electron chi connectivity index (χ4n) is 7.15. The molecule has 5 aromatic rings. The number of carbonyl (C=O) groups is 1. The van der Waals surface area contributed by atoms with Crippen molar-refractivity contribution in [3.8, 4) is 0 Å². The first-order chi connectivity index (χ1) is 25.9. The molecule has 53 heavy (non-hydrogen) atoms. The molecule has 0 bridgehead atoms. The van der Waals surface area contributed by atoms with Crippen LogP contribution in [0, 0.1) is 6.92 Å². The molecule has 0 spiro atoms. The first-order valence-electron chi connectivity index (χ1n) is 18.6. The molecule has 3 aromatic carbocycles. The van der Waals surface area contributed by atoms with Crippen LogP contribution in [0.4, 0.5) is 0 Å². The molecule has 0 aliphatic heterocycles. The van der Waals surface area contributed by atoms with Crippen molar-refractivity contribution in [1.82, 2.24) is 15.0 Å². The quantitative estimate of drug-likeness (QED) is 0.0512. The van der Waals surface area contributed by atoms with E-state index < -0.39 is 42.1 Å². The number of rotatable bonds is 19. The summed E-state index contributed by atoms with van der Waals surface area (Å²) in [6.07, 6.45) is 2.01. The van der Waals surface area contributed by atoms with Gasteiger partial charge in [0.05, 0.1) is 13.2 Å². The number of nitrogens with zero attached hydrogens (tertiary/aromatic N) is 1. The Morgan fingerprint density at radius 1 is 0.811 bits per heavy atom. The Kier molecular flexibility index (Phi) is 13.5. The van der Waals surface area contributed by atoms with E-state index in [0.717, 1.165) is 53.3 Å². The van der Waals surface area contributed by atoms with Crippen molar-refractivity contribution in [3.63, 3.8) is 0 Å². The number of nitrogens with one attached hydrogen (secondary N) is 2. The molecule has 11 nitrogen and oxygen atoms in total. The number of aliphatic hydroxyl groups is 3. The van der Waals surface area contributed by atoms with Gasteiger partial charge in [-0.2, -0.15) is 0 Å². The highest BCUT2D eigenvalue weighted by Gasteiger charge is 2.62. The number of H-pyrrole nitrogens is 2. The number of carbonyl (C=O) groups excluding carboxylic acids is 1. The fourth-order valence-corrected chi connectivity index (χ4v) is 7.15. The molecule has 11 heteroatoms. The Bertz CT molecular complexity index is 1850. The zero-order chi connectivity index (χ0) is 37.0. The molecule has 0 amide bonds. The number of aryl methyl sites for hydroxylation is 2. The minimum absolute atomic E-state index is 0.0166. The van der Waals surface area contributed by atoms with Gasteiger partial charge >= 0.3 is 5.97 Å². The number of aromatic nitrogens is 3. The maximum absolute atomic E-state index is 13.8. The minimum Gasteiger partial charge on any atom is -0.450 e. The number of hydrogen-bond donors (Lipinski definition) is 5. The predicted octanol–water partition coefficient (Wildman–Crippen LogP) is 5.96. The van der Waals surface area contributed by atoms with E-state index in [1.165, 1.54) is 6.20 Å². The van der Waals surface area contributed by atoms with Crippen molar-refractivity contribution >= 4 is 16.9 Å². The molecule has 1 saturated carbocycles. The second-order valence-corrected chi connectivity index (χ2v) is 13.9. The lowest BCUT2D eigenvalue weighted by molar-refractivity contribution is -0.296. The van der Waals surface area contributed by atoms with Gasteiger partial charge in [-0.25, -0.2) is 9.78 Å². The largest absolute Gasteiger partial charge is 0.450 e. The number of benzene rings is 3. The Hall–Kier alpha value is -4.36. The fraction of sp³-hybridized carbons (Fsp3) is 0.429. The van der Waals surface area contributed by atoms with Gasteiger partial charge in [-0.15, -0.1) is 0 Å². The average Bonchev–Trinajstić information content (AvgIpc) is 3.82. The van der Waals surface area contributed by atoms with Gasteiger partial charge in [0.25, 0.3) is 0 Å². The monoisotopic (exact) mass is 725 g/mol. The van der Waals surface area contributed by atoms with Gasteiger partial charge in [0, 0.05) is 42.2 Å². The van der Waals surface area contributed by atoms with E-state index in [1.54, 1.807) is 6.92 Å². The van der Waals surface area contributed by atoms with Crippen LogP contribution in [-0.4, -0.2) is 85.6 Å². The summed E-state index contributed by atoms with van der Waals surface area (Å²) >= 11 is 0. The van der Waals surface area contributed by atoms with Crippen LogP contribution < -0.4 is 0 Å². The molecular weight excluding hydrogens is 674 g/mol. The third-order valence-corrected chi connectivity index (χ3v) is 10.0. The Morgan fingerprint density at radius 2 is 1.45 bits per heavy atom. The predicted molar refractivity (Wildman–Crippen MR) is 200 cm³/mol. The molecule has 0 saturated heterocycles. The molecule has 0 radical (unpaired) electrons. The normalized spacial score (nSPS) is 23.0. The van der Waals surface area contributed by atoms with E-state index in [4.69, 9.17) is 18.9 Å². The number of fused-ring (bicyclic) bond motifs is 1. The number of imidazole rings is 1. The molecule has 282 valence electrons. The van der Waals surface area contributed by atoms with Crippen LogP contribution in [0.25, 0.3) is 10.9 Å². The summed E-state index contributed by atoms with van der Waals surface area (Å²) in [5.41, 5.74) is 2.29. The summed E-state index contributed by atoms with van der Waals surface area (Å²) in [6.45, 7) is 2.52. The molecule has 6 atom stereocenters. The molecule has 6 unspecified atom stereocenters. The van der Waals surface area contributed by atoms with Crippen molar-refractivity contribution in [2.24, 2.45) is 0 Å². The van der Waals surface area contributed by atoms with Crippen LogP contribution in [0.2, 0.25) is 0 Å². The number of para-hydroxylation sites is 1. The number of aliphatic hydroxyl groups excluding tert-OH is 2. The zero-order valence-corrected chi connectivity index (χ0v) is 30.2. The van der Waals surface area contributed by atoms with Gasteiger partial charge in [0.15, 0.2) is 6.10 Å². The van der Waals surface area contributed by atoms with Gasteiger partial charge in [0.2, 0.25) is 5.82 Å². The molecule has 5 N–H and O–H groups in total.